The first-order valence-corrected chi connectivity index (χ1v) is 17.8. The van der Waals surface area contributed by atoms with E-state index in [9.17, 15) is 19.2 Å². The number of ether oxygens (including phenoxy) is 6. The highest BCUT2D eigenvalue weighted by molar-refractivity contribution is 5.97. The minimum absolute atomic E-state index is 0.0480. The lowest BCUT2D eigenvalue weighted by Gasteiger charge is -2.13. The summed E-state index contributed by atoms with van der Waals surface area (Å²) in [5.41, 5.74) is 1.34. The molecule has 0 saturated heterocycles. The van der Waals surface area contributed by atoms with Crippen molar-refractivity contribution in [1.29, 1.82) is 0 Å². The number of aromatic nitrogens is 1. The standard InChI is InChI=1S/C41H47NO10/c1-3-5-23-47-33-15-11-31(12-16-33)39(44)51-35-19-20-37(52-40(45)32-13-17-34(18-14-32)48-24-6-4-2)36(28-35)41(46)50-26-10-8-7-9-25-49-38(43)27-30-21-22-42-29-30/h11-22,28-29,42H,3-10,23-27H2,1-2H3. The van der Waals surface area contributed by atoms with Crippen molar-refractivity contribution >= 4 is 23.9 Å². The van der Waals surface area contributed by atoms with E-state index >= 15 is 0 Å². The summed E-state index contributed by atoms with van der Waals surface area (Å²) in [7, 11) is 0. The van der Waals surface area contributed by atoms with Gasteiger partial charge in [-0.3, -0.25) is 4.79 Å². The summed E-state index contributed by atoms with van der Waals surface area (Å²) in [6.45, 7) is 5.73. The molecule has 0 aliphatic carbocycles. The summed E-state index contributed by atoms with van der Waals surface area (Å²) in [4.78, 5) is 54.2. The summed E-state index contributed by atoms with van der Waals surface area (Å²) >= 11 is 0. The fraction of sp³-hybridized carbons (Fsp3) is 0.366. The van der Waals surface area contributed by atoms with Crippen LogP contribution in [0.1, 0.15) is 102 Å². The van der Waals surface area contributed by atoms with Crippen molar-refractivity contribution in [2.24, 2.45) is 0 Å². The number of carbonyl (C=O) groups is 4. The van der Waals surface area contributed by atoms with Crippen LogP contribution in [0.4, 0.5) is 0 Å². The molecule has 11 heteroatoms. The fourth-order valence-corrected chi connectivity index (χ4v) is 4.86. The first-order chi connectivity index (χ1) is 25.4. The molecule has 1 N–H and O–H groups in total. The molecule has 0 fully saturated rings. The molecule has 0 saturated carbocycles. The quantitative estimate of drug-likeness (QED) is 0.0480. The molecule has 1 heterocycles. The van der Waals surface area contributed by atoms with Crippen LogP contribution >= 0.6 is 0 Å². The molecule has 11 nitrogen and oxygen atoms in total. The Morgan fingerprint density at radius 3 is 1.67 bits per heavy atom. The SMILES string of the molecule is CCCCOc1ccc(C(=O)Oc2ccc(OC(=O)c3ccc(OCCCC)cc3)c(C(=O)OCCCCCCOC(=O)Cc3cc[nH]c3)c2)cc1. The third-order valence-electron chi connectivity index (χ3n) is 7.84. The van der Waals surface area contributed by atoms with Crippen molar-refractivity contribution in [3.05, 3.63) is 107 Å². The zero-order valence-corrected chi connectivity index (χ0v) is 29.9. The van der Waals surface area contributed by atoms with E-state index in [1.807, 2.05) is 6.07 Å². The molecule has 0 unspecified atom stereocenters. The second kappa shape index (κ2) is 21.6. The Kier molecular flexibility index (Phi) is 16.3. The minimum atomic E-state index is -0.743. The van der Waals surface area contributed by atoms with Crippen molar-refractivity contribution < 1.29 is 47.6 Å². The Balaban J connectivity index is 1.34. The van der Waals surface area contributed by atoms with Crippen LogP contribution in [0.3, 0.4) is 0 Å². The van der Waals surface area contributed by atoms with Gasteiger partial charge in [0.15, 0.2) is 0 Å². The largest absolute Gasteiger partial charge is 0.494 e. The number of carbonyl (C=O) groups excluding carboxylic acids is 4. The Morgan fingerprint density at radius 2 is 1.12 bits per heavy atom. The lowest BCUT2D eigenvalue weighted by Crippen LogP contribution is -2.15. The van der Waals surface area contributed by atoms with Gasteiger partial charge in [0.1, 0.15) is 28.6 Å². The van der Waals surface area contributed by atoms with Gasteiger partial charge in [-0.15, -0.1) is 0 Å². The van der Waals surface area contributed by atoms with E-state index in [1.165, 1.54) is 18.2 Å². The van der Waals surface area contributed by atoms with Crippen molar-refractivity contribution in [3.63, 3.8) is 0 Å². The lowest BCUT2D eigenvalue weighted by molar-refractivity contribution is -0.142. The molecule has 0 bridgehead atoms. The average molecular weight is 714 g/mol. The Labute approximate surface area is 304 Å². The van der Waals surface area contributed by atoms with Crippen molar-refractivity contribution in [2.75, 3.05) is 26.4 Å². The first kappa shape index (κ1) is 39.2. The summed E-state index contributed by atoms with van der Waals surface area (Å²) in [5.74, 6) is -1.05. The average Bonchev–Trinajstić information content (AvgIpc) is 3.67. The van der Waals surface area contributed by atoms with Crippen LogP contribution in [0.5, 0.6) is 23.0 Å². The van der Waals surface area contributed by atoms with E-state index in [4.69, 9.17) is 28.4 Å². The van der Waals surface area contributed by atoms with E-state index in [0.717, 1.165) is 44.1 Å². The molecule has 52 heavy (non-hydrogen) atoms. The molecule has 0 aliphatic rings. The second-order valence-corrected chi connectivity index (χ2v) is 12.1. The van der Waals surface area contributed by atoms with E-state index in [1.54, 1.807) is 60.9 Å². The van der Waals surface area contributed by atoms with Gasteiger partial charge in [-0.05, 0) is 117 Å². The number of hydrogen-bond acceptors (Lipinski definition) is 10. The van der Waals surface area contributed by atoms with E-state index in [2.05, 4.69) is 18.8 Å². The van der Waals surface area contributed by atoms with Gasteiger partial charge in [0.05, 0.1) is 44.0 Å². The molecular weight excluding hydrogens is 666 g/mol. The number of rotatable bonds is 22. The highest BCUT2D eigenvalue weighted by Gasteiger charge is 2.21. The zero-order chi connectivity index (χ0) is 37.0. The molecule has 0 radical (unpaired) electrons. The van der Waals surface area contributed by atoms with E-state index in [0.29, 0.717) is 49.7 Å². The number of unbranched alkanes of at least 4 members (excludes halogenated alkanes) is 5. The molecular formula is C41H47NO10. The van der Waals surface area contributed by atoms with Gasteiger partial charge in [-0.1, -0.05) is 26.7 Å². The molecule has 0 amide bonds. The number of hydrogen-bond donors (Lipinski definition) is 1. The van der Waals surface area contributed by atoms with Gasteiger partial charge in [0, 0.05) is 12.4 Å². The number of aromatic amines is 1. The third kappa shape index (κ3) is 13.3. The van der Waals surface area contributed by atoms with E-state index in [-0.39, 0.29) is 41.6 Å². The van der Waals surface area contributed by atoms with Crippen LogP contribution < -0.4 is 18.9 Å². The van der Waals surface area contributed by atoms with Gasteiger partial charge in [-0.2, -0.15) is 0 Å². The maximum absolute atomic E-state index is 13.3. The monoisotopic (exact) mass is 713 g/mol. The van der Waals surface area contributed by atoms with Crippen LogP contribution in [0.15, 0.2) is 85.2 Å². The summed E-state index contributed by atoms with van der Waals surface area (Å²) in [6, 6.07) is 19.1. The second-order valence-electron chi connectivity index (χ2n) is 12.1. The van der Waals surface area contributed by atoms with Gasteiger partial charge in [-0.25, -0.2) is 14.4 Å². The van der Waals surface area contributed by atoms with Gasteiger partial charge < -0.3 is 33.4 Å². The number of H-pyrrole nitrogens is 1. The summed E-state index contributed by atoms with van der Waals surface area (Å²) < 4.78 is 33.4. The fourth-order valence-electron chi connectivity index (χ4n) is 4.86. The Hall–Kier alpha value is -5.58. The molecule has 0 aliphatic heterocycles. The van der Waals surface area contributed by atoms with Crippen LogP contribution in [0, 0.1) is 0 Å². The maximum Gasteiger partial charge on any atom is 0.343 e. The maximum atomic E-state index is 13.3. The molecule has 3 aromatic carbocycles. The van der Waals surface area contributed by atoms with Crippen LogP contribution in [-0.4, -0.2) is 55.3 Å². The number of esters is 4. The number of benzene rings is 3. The molecule has 1 aromatic heterocycles. The van der Waals surface area contributed by atoms with Crippen molar-refractivity contribution in [2.45, 2.75) is 71.6 Å². The van der Waals surface area contributed by atoms with Crippen molar-refractivity contribution in [1.82, 2.24) is 4.98 Å². The highest BCUT2D eigenvalue weighted by Crippen LogP contribution is 2.28. The van der Waals surface area contributed by atoms with Crippen LogP contribution in [-0.2, 0) is 20.7 Å². The predicted molar refractivity (Wildman–Crippen MR) is 194 cm³/mol. The predicted octanol–water partition coefficient (Wildman–Crippen LogP) is 8.31. The van der Waals surface area contributed by atoms with E-state index < -0.39 is 17.9 Å². The smallest absolute Gasteiger partial charge is 0.343 e. The van der Waals surface area contributed by atoms with Crippen LogP contribution in [0.2, 0.25) is 0 Å². The molecule has 4 rings (SSSR count). The normalized spacial score (nSPS) is 10.7. The molecule has 4 aromatic rings. The van der Waals surface area contributed by atoms with Gasteiger partial charge in [0.25, 0.3) is 0 Å². The topological polar surface area (TPSA) is 139 Å². The minimum Gasteiger partial charge on any atom is -0.494 e. The van der Waals surface area contributed by atoms with Gasteiger partial charge >= 0.3 is 23.9 Å². The molecule has 0 atom stereocenters. The molecule has 0 spiro atoms. The van der Waals surface area contributed by atoms with Crippen molar-refractivity contribution in [3.8, 4) is 23.0 Å². The van der Waals surface area contributed by atoms with Crippen LogP contribution in [0.25, 0.3) is 0 Å². The summed E-state index contributed by atoms with van der Waals surface area (Å²) in [6.07, 6.45) is 10.4. The first-order valence-electron chi connectivity index (χ1n) is 17.8. The lowest BCUT2D eigenvalue weighted by atomic mass is 10.1. The Bertz CT molecular complexity index is 1700. The molecule has 276 valence electrons. The summed E-state index contributed by atoms with van der Waals surface area (Å²) in [5, 5.41) is 0. The Morgan fingerprint density at radius 1 is 0.558 bits per heavy atom. The van der Waals surface area contributed by atoms with Gasteiger partial charge in [0.2, 0.25) is 0 Å². The third-order valence-corrected chi connectivity index (χ3v) is 7.84. The highest BCUT2D eigenvalue weighted by atomic mass is 16.6. The zero-order valence-electron chi connectivity index (χ0n) is 29.9. The number of nitrogens with one attached hydrogen (secondary N) is 1.